The smallest absolute Gasteiger partial charge is 0.351 e. The first-order valence-corrected chi connectivity index (χ1v) is 4.44. The molecule has 2 rings (SSSR count). The van der Waals surface area contributed by atoms with Gasteiger partial charge >= 0.3 is 5.69 Å². The highest BCUT2D eigenvalue weighted by Gasteiger charge is 2.26. The van der Waals surface area contributed by atoms with Crippen LogP contribution in [0.4, 0.5) is 5.82 Å². The first kappa shape index (κ1) is 6.97. The molecule has 82 valence electrons. The van der Waals surface area contributed by atoms with Crippen molar-refractivity contribution >= 4 is 5.82 Å². The zero-order valence-corrected chi connectivity index (χ0v) is 7.88. The summed E-state index contributed by atoms with van der Waals surface area (Å²) < 4.78 is 29.5. The average molecular weight is 214 g/mol. The molecule has 6 nitrogen and oxygen atoms in total. The normalized spacial score (nSPS) is 36.9. The summed E-state index contributed by atoms with van der Waals surface area (Å²) in [5, 5.41) is 8.99. The van der Waals surface area contributed by atoms with E-state index in [1.807, 2.05) is 0 Å². The predicted octanol–water partition coefficient (Wildman–Crippen LogP) is -0.505. The minimum atomic E-state index is -2.25. The van der Waals surface area contributed by atoms with E-state index in [-0.39, 0.29) is 12.2 Å². The fourth-order valence-electron chi connectivity index (χ4n) is 1.26. The Morgan fingerprint density at radius 1 is 1.93 bits per heavy atom. The lowest BCUT2D eigenvalue weighted by atomic mass is 10.2. The molecular weight excluding hydrogens is 198 g/mol. The third-order valence-electron chi connectivity index (χ3n) is 2.01. The Labute approximate surface area is 90.5 Å². The molecule has 3 N–H and O–H groups in total. The van der Waals surface area contributed by atoms with Crippen LogP contribution in [0, 0.1) is 0 Å². The lowest BCUT2D eigenvalue weighted by Crippen LogP contribution is -2.27. The lowest BCUT2D eigenvalue weighted by Gasteiger charge is -2.14. The molecule has 1 aromatic heterocycles. The summed E-state index contributed by atoms with van der Waals surface area (Å²) in [6.45, 7) is -0.419. The van der Waals surface area contributed by atoms with Gasteiger partial charge in [0.2, 0.25) is 0 Å². The lowest BCUT2D eigenvalue weighted by molar-refractivity contribution is -0.0245. The number of aromatic nitrogens is 2. The van der Waals surface area contributed by atoms with Gasteiger partial charge in [-0.05, 0) is 18.9 Å². The van der Waals surface area contributed by atoms with E-state index in [4.69, 9.17) is 19.7 Å². The number of hydrogen-bond acceptors (Lipinski definition) is 5. The van der Waals surface area contributed by atoms with E-state index >= 15 is 0 Å². The number of nitrogen functional groups attached to an aromatic ring is 1. The molecule has 1 fully saturated rings. The average Bonchev–Trinajstić information content (AvgIpc) is 2.50. The van der Waals surface area contributed by atoms with Crippen LogP contribution in [0.15, 0.2) is 17.1 Å². The maximum Gasteiger partial charge on any atom is 0.351 e. The van der Waals surface area contributed by atoms with Gasteiger partial charge in [0, 0.05) is 8.94 Å². The minimum Gasteiger partial charge on any atom is -0.394 e. The SMILES string of the molecule is [2H]C1([2H])C[C@@H](CO)O[C@@]1([2H])n1ccc(N)nc1=O. The van der Waals surface area contributed by atoms with Gasteiger partial charge in [0.1, 0.15) is 12.0 Å². The Kier molecular flexibility index (Phi) is 1.86. The Balaban J connectivity index is 2.51. The van der Waals surface area contributed by atoms with Gasteiger partial charge in [-0.3, -0.25) is 4.57 Å². The minimum absolute atomic E-state index is 0.0166. The molecule has 0 spiro atoms. The topological polar surface area (TPSA) is 90.4 Å². The summed E-state index contributed by atoms with van der Waals surface area (Å²) in [5.74, 6) is -0.0166. The molecule has 6 heteroatoms. The monoisotopic (exact) mass is 214 g/mol. The van der Waals surface area contributed by atoms with E-state index in [0.29, 0.717) is 0 Å². The van der Waals surface area contributed by atoms with E-state index in [1.165, 1.54) is 6.07 Å². The number of anilines is 1. The van der Waals surface area contributed by atoms with Crippen LogP contribution in [0.3, 0.4) is 0 Å². The summed E-state index contributed by atoms with van der Waals surface area (Å²) >= 11 is 0. The second kappa shape index (κ2) is 4.00. The van der Waals surface area contributed by atoms with Crippen molar-refractivity contribution in [2.45, 2.75) is 25.1 Å². The Morgan fingerprint density at radius 3 is 3.33 bits per heavy atom. The summed E-state index contributed by atoms with van der Waals surface area (Å²) in [6, 6.07) is 1.28. The molecule has 1 saturated heterocycles. The quantitative estimate of drug-likeness (QED) is 0.692. The van der Waals surface area contributed by atoms with Gasteiger partial charge in [0.25, 0.3) is 0 Å². The summed E-state index contributed by atoms with van der Waals surface area (Å²) in [4.78, 5) is 15.1. The molecule has 0 saturated carbocycles. The first-order valence-electron chi connectivity index (χ1n) is 5.94. The van der Waals surface area contributed by atoms with Crippen LogP contribution < -0.4 is 11.4 Å². The largest absolute Gasteiger partial charge is 0.394 e. The third-order valence-corrected chi connectivity index (χ3v) is 2.01. The van der Waals surface area contributed by atoms with Crippen molar-refractivity contribution in [1.29, 1.82) is 0 Å². The summed E-state index contributed by atoms with van der Waals surface area (Å²) in [5.41, 5.74) is 4.46. The molecule has 0 aliphatic carbocycles. The van der Waals surface area contributed by atoms with E-state index in [0.717, 1.165) is 10.8 Å². The van der Waals surface area contributed by atoms with Crippen molar-refractivity contribution in [3.05, 3.63) is 22.7 Å². The molecular formula is C9H13N3O3. The number of hydrogen-bond donors (Lipinski definition) is 2. The summed E-state index contributed by atoms with van der Waals surface area (Å²) in [7, 11) is 0. The molecule has 0 amide bonds. The number of aliphatic hydroxyl groups excluding tert-OH is 1. The number of nitrogens with two attached hydrogens (primary N) is 1. The van der Waals surface area contributed by atoms with Gasteiger partial charge in [-0.2, -0.15) is 4.98 Å². The van der Waals surface area contributed by atoms with Crippen molar-refractivity contribution in [3.63, 3.8) is 0 Å². The molecule has 0 aromatic carbocycles. The van der Waals surface area contributed by atoms with Crippen LogP contribution in [0.5, 0.6) is 0 Å². The van der Waals surface area contributed by atoms with E-state index in [1.54, 1.807) is 0 Å². The molecule has 2 heterocycles. The van der Waals surface area contributed by atoms with E-state index < -0.39 is 31.0 Å². The van der Waals surface area contributed by atoms with Gasteiger partial charge in [-0.15, -0.1) is 0 Å². The van der Waals surface area contributed by atoms with E-state index in [9.17, 15) is 4.79 Å². The van der Waals surface area contributed by atoms with Gasteiger partial charge in [0.05, 0.1) is 14.1 Å². The Hall–Kier alpha value is -1.40. The van der Waals surface area contributed by atoms with Gasteiger partial charge in [0.15, 0.2) is 0 Å². The van der Waals surface area contributed by atoms with Crippen molar-refractivity contribution in [2.24, 2.45) is 0 Å². The molecule has 1 aromatic rings. The standard InChI is InChI=1S/C9H13N3O3/c10-7-3-4-12(9(14)11-7)8-2-1-6(5-13)15-8/h3-4,6,8,13H,1-2,5H2,(H2,10,11,14)/t6-,8+/m0/s1/i2D2,8D. The van der Waals surface area contributed by atoms with Gasteiger partial charge in [-0.25, -0.2) is 4.79 Å². The van der Waals surface area contributed by atoms with Gasteiger partial charge in [-0.1, -0.05) is 0 Å². The highest BCUT2D eigenvalue weighted by Crippen LogP contribution is 2.26. The molecule has 0 radical (unpaired) electrons. The van der Waals surface area contributed by atoms with Crippen LogP contribution in [0.25, 0.3) is 0 Å². The Bertz CT molecular complexity index is 521. The molecule has 0 unspecified atom stereocenters. The van der Waals surface area contributed by atoms with Crippen LogP contribution in [0.1, 0.15) is 23.1 Å². The molecule has 1 aliphatic heterocycles. The van der Waals surface area contributed by atoms with Crippen LogP contribution in [-0.4, -0.2) is 27.4 Å². The highest BCUT2D eigenvalue weighted by atomic mass is 16.5. The Morgan fingerprint density at radius 2 is 2.73 bits per heavy atom. The zero-order valence-electron chi connectivity index (χ0n) is 10.9. The molecule has 1 aliphatic rings. The van der Waals surface area contributed by atoms with Crippen LogP contribution in [-0.2, 0) is 4.74 Å². The number of nitrogens with zero attached hydrogens (tertiary/aromatic N) is 2. The number of ether oxygens (including phenoxy) is 1. The second-order valence-electron chi connectivity index (χ2n) is 3.11. The fourth-order valence-corrected chi connectivity index (χ4v) is 1.26. The fraction of sp³-hybridized carbons (Fsp3) is 0.556. The predicted molar refractivity (Wildman–Crippen MR) is 53.1 cm³/mol. The molecule has 15 heavy (non-hydrogen) atoms. The maximum atomic E-state index is 11.7. The zero-order chi connectivity index (χ0) is 13.6. The van der Waals surface area contributed by atoms with Crippen molar-refractivity contribution in [3.8, 4) is 0 Å². The molecule has 2 atom stereocenters. The van der Waals surface area contributed by atoms with Crippen LogP contribution in [0.2, 0.25) is 0 Å². The van der Waals surface area contributed by atoms with Crippen molar-refractivity contribution in [1.82, 2.24) is 9.55 Å². The van der Waals surface area contributed by atoms with E-state index in [2.05, 4.69) is 4.98 Å². The van der Waals surface area contributed by atoms with Crippen molar-refractivity contribution < 1.29 is 14.0 Å². The second-order valence-corrected chi connectivity index (χ2v) is 3.11. The van der Waals surface area contributed by atoms with Crippen molar-refractivity contribution in [2.75, 3.05) is 12.3 Å². The molecule has 0 bridgehead atoms. The summed E-state index contributed by atoms with van der Waals surface area (Å²) in [6.07, 6.45) is -4.22. The number of rotatable bonds is 2. The first-order chi connectivity index (χ1) is 8.30. The maximum absolute atomic E-state index is 11.7. The number of aliphatic hydroxyl groups is 1. The van der Waals surface area contributed by atoms with Gasteiger partial charge < -0.3 is 15.6 Å². The highest BCUT2D eigenvalue weighted by molar-refractivity contribution is 5.23. The third kappa shape index (κ3) is 2.00. The van der Waals surface area contributed by atoms with Crippen LogP contribution >= 0.6 is 0 Å².